The quantitative estimate of drug-likeness (QED) is 0.546. The normalized spacial score (nSPS) is 19.5. The van der Waals surface area contributed by atoms with E-state index in [0.717, 1.165) is 17.6 Å². The highest BCUT2D eigenvalue weighted by atomic mass is 19.1. The molecule has 2 aliphatic heterocycles. The molecule has 6 nitrogen and oxygen atoms in total. The van der Waals surface area contributed by atoms with E-state index in [1.807, 2.05) is 11.0 Å². The summed E-state index contributed by atoms with van der Waals surface area (Å²) >= 11 is 0. The van der Waals surface area contributed by atoms with Gasteiger partial charge < -0.3 is 4.74 Å². The first kappa shape index (κ1) is 20.9. The Hall–Kier alpha value is -3.32. The van der Waals surface area contributed by atoms with Gasteiger partial charge in [0, 0.05) is 13.1 Å². The summed E-state index contributed by atoms with van der Waals surface area (Å²) in [6.07, 6.45) is 2.88. The number of carbonyl (C=O) groups is 3. The average molecular weight is 422 g/mol. The largest absolute Gasteiger partial charge is 0.462 e. The van der Waals surface area contributed by atoms with E-state index in [4.69, 9.17) is 4.74 Å². The molecule has 2 aromatic carbocycles. The average Bonchev–Trinajstić information content (AvgIpc) is 3.08. The Morgan fingerprint density at radius 2 is 1.81 bits per heavy atom. The lowest BCUT2D eigenvalue weighted by Crippen LogP contribution is -2.44. The number of esters is 1. The molecule has 2 aliphatic rings. The number of nitrogens with zero attached hydrogens (tertiary/aromatic N) is 2. The molecule has 1 saturated heterocycles. The Balaban J connectivity index is 1.45. The lowest BCUT2D eigenvalue weighted by molar-refractivity contribution is -0.122. The van der Waals surface area contributed by atoms with Gasteiger partial charge >= 0.3 is 5.97 Å². The summed E-state index contributed by atoms with van der Waals surface area (Å²) in [5.74, 6) is -1.23. The fraction of sp³-hybridized carbons (Fsp3) is 0.292. The molecule has 0 saturated carbocycles. The molecule has 2 amide bonds. The predicted octanol–water partition coefficient (Wildman–Crippen LogP) is 3.42. The standard InChI is InChI=1S/C24H23FN2O4/c1-2-31-24(30)18-5-9-20(10-6-18)27-22(28)15-21(23(27)29)26-13-11-17(12-14-26)16-3-7-19(25)8-4-16/h3-11,21H,2,12-15H2,1H3/t21-/m0/s1. The number of amides is 2. The molecule has 31 heavy (non-hydrogen) atoms. The minimum atomic E-state index is -0.511. The van der Waals surface area contributed by atoms with Crippen LogP contribution in [0.3, 0.4) is 0 Å². The van der Waals surface area contributed by atoms with Crippen molar-refractivity contribution < 1.29 is 23.5 Å². The molecule has 0 radical (unpaired) electrons. The van der Waals surface area contributed by atoms with Crippen LogP contribution in [0.25, 0.3) is 5.57 Å². The van der Waals surface area contributed by atoms with Gasteiger partial charge in [-0.3, -0.25) is 14.5 Å². The molecule has 1 fully saturated rings. The van der Waals surface area contributed by atoms with E-state index in [1.165, 1.54) is 17.0 Å². The summed E-state index contributed by atoms with van der Waals surface area (Å²) in [5.41, 5.74) is 2.90. The second-order valence-electron chi connectivity index (χ2n) is 7.54. The molecule has 160 valence electrons. The number of carbonyl (C=O) groups excluding carboxylic acids is 3. The SMILES string of the molecule is CCOC(=O)c1ccc(N2C(=O)C[C@H](N3CC=C(c4ccc(F)cc4)CC3)C2=O)cc1. The fourth-order valence-electron chi connectivity index (χ4n) is 4.03. The number of ether oxygens (including phenoxy) is 1. The lowest BCUT2D eigenvalue weighted by Gasteiger charge is -2.30. The topological polar surface area (TPSA) is 66.9 Å². The Morgan fingerprint density at radius 1 is 1.10 bits per heavy atom. The summed E-state index contributed by atoms with van der Waals surface area (Å²) < 4.78 is 18.1. The van der Waals surface area contributed by atoms with Crippen LogP contribution in [0, 0.1) is 5.82 Å². The van der Waals surface area contributed by atoms with Crippen molar-refractivity contribution >= 4 is 29.0 Å². The van der Waals surface area contributed by atoms with E-state index < -0.39 is 12.0 Å². The van der Waals surface area contributed by atoms with Gasteiger partial charge in [0.05, 0.1) is 30.3 Å². The minimum absolute atomic E-state index is 0.123. The van der Waals surface area contributed by atoms with Crippen LogP contribution < -0.4 is 4.90 Å². The van der Waals surface area contributed by atoms with Gasteiger partial charge in [0.2, 0.25) is 5.91 Å². The van der Waals surface area contributed by atoms with E-state index in [9.17, 15) is 18.8 Å². The monoisotopic (exact) mass is 422 g/mol. The molecular weight excluding hydrogens is 399 g/mol. The molecular formula is C24H23FN2O4. The lowest BCUT2D eigenvalue weighted by atomic mass is 9.98. The summed E-state index contributed by atoms with van der Waals surface area (Å²) in [4.78, 5) is 40.7. The van der Waals surface area contributed by atoms with Gasteiger partial charge in [-0.2, -0.15) is 0 Å². The third kappa shape index (κ3) is 4.27. The maximum Gasteiger partial charge on any atom is 0.338 e. The maximum atomic E-state index is 13.1. The van der Waals surface area contributed by atoms with E-state index in [-0.39, 0.29) is 30.7 Å². The second kappa shape index (κ2) is 8.81. The number of imide groups is 1. The van der Waals surface area contributed by atoms with Crippen molar-refractivity contribution in [3.05, 3.63) is 71.6 Å². The van der Waals surface area contributed by atoms with Crippen molar-refractivity contribution in [1.29, 1.82) is 0 Å². The van der Waals surface area contributed by atoms with Crippen LogP contribution in [0.15, 0.2) is 54.6 Å². The Labute approximate surface area is 179 Å². The van der Waals surface area contributed by atoms with Crippen molar-refractivity contribution in [1.82, 2.24) is 4.90 Å². The van der Waals surface area contributed by atoms with E-state index in [0.29, 0.717) is 24.3 Å². The molecule has 0 spiro atoms. The van der Waals surface area contributed by atoms with Gasteiger partial charge in [-0.15, -0.1) is 0 Å². The van der Waals surface area contributed by atoms with Crippen molar-refractivity contribution in [3.63, 3.8) is 0 Å². The van der Waals surface area contributed by atoms with Crippen LogP contribution in [0.1, 0.15) is 35.7 Å². The zero-order valence-corrected chi connectivity index (χ0v) is 17.2. The van der Waals surface area contributed by atoms with Gasteiger partial charge in [-0.1, -0.05) is 18.2 Å². The number of hydrogen-bond acceptors (Lipinski definition) is 5. The predicted molar refractivity (Wildman–Crippen MR) is 114 cm³/mol. The number of hydrogen-bond donors (Lipinski definition) is 0. The molecule has 2 aromatic rings. The highest BCUT2D eigenvalue weighted by Gasteiger charge is 2.42. The van der Waals surface area contributed by atoms with Crippen molar-refractivity contribution in [2.75, 3.05) is 24.6 Å². The molecule has 0 aliphatic carbocycles. The second-order valence-corrected chi connectivity index (χ2v) is 7.54. The molecule has 0 unspecified atom stereocenters. The van der Waals surface area contributed by atoms with Gasteiger partial charge in [0.1, 0.15) is 5.82 Å². The highest BCUT2D eigenvalue weighted by Crippen LogP contribution is 2.29. The van der Waals surface area contributed by atoms with Gasteiger partial charge in [0.15, 0.2) is 0 Å². The summed E-state index contributed by atoms with van der Waals surface area (Å²) in [6.45, 7) is 3.19. The number of anilines is 1. The van der Waals surface area contributed by atoms with Crippen LogP contribution in [0.5, 0.6) is 0 Å². The zero-order valence-electron chi connectivity index (χ0n) is 17.2. The first-order valence-corrected chi connectivity index (χ1v) is 10.3. The Bertz CT molecular complexity index is 1030. The van der Waals surface area contributed by atoms with Crippen molar-refractivity contribution in [2.45, 2.75) is 25.8 Å². The molecule has 0 bridgehead atoms. The van der Waals surface area contributed by atoms with Gasteiger partial charge in [0.25, 0.3) is 5.91 Å². The Kier molecular flexibility index (Phi) is 5.95. The third-order valence-corrected chi connectivity index (χ3v) is 5.66. The van der Waals surface area contributed by atoms with Crippen LogP contribution in [-0.2, 0) is 14.3 Å². The van der Waals surface area contributed by atoms with Crippen LogP contribution in [0.4, 0.5) is 10.1 Å². The molecule has 7 heteroatoms. The third-order valence-electron chi connectivity index (χ3n) is 5.66. The van der Waals surface area contributed by atoms with E-state index in [1.54, 1.807) is 43.3 Å². The van der Waals surface area contributed by atoms with Crippen molar-refractivity contribution in [2.24, 2.45) is 0 Å². The maximum absolute atomic E-state index is 13.1. The van der Waals surface area contributed by atoms with Crippen LogP contribution in [0.2, 0.25) is 0 Å². The number of benzene rings is 2. The number of rotatable bonds is 5. The zero-order chi connectivity index (χ0) is 22.0. The summed E-state index contributed by atoms with van der Waals surface area (Å²) in [5, 5.41) is 0. The van der Waals surface area contributed by atoms with Crippen molar-refractivity contribution in [3.8, 4) is 0 Å². The molecule has 0 N–H and O–H groups in total. The van der Waals surface area contributed by atoms with Crippen LogP contribution >= 0.6 is 0 Å². The minimum Gasteiger partial charge on any atom is -0.462 e. The van der Waals surface area contributed by atoms with E-state index in [2.05, 4.69) is 0 Å². The highest BCUT2D eigenvalue weighted by molar-refractivity contribution is 6.22. The molecule has 2 heterocycles. The van der Waals surface area contributed by atoms with E-state index >= 15 is 0 Å². The summed E-state index contributed by atoms with van der Waals surface area (Å²) in [6, 6.07) is 12.2. The fourth-order valence-corrected chi connectivity index (χ4v) is 4.03. The van der Waals surface area contributed by atoms with Crippen LogP contribution in [-0.4, -0.2) is 48.4 Å². The first-order valence-electron chi connectivity index (χ1n) is 10.3. The first-order chi connectivity index (χ1) is 15.0. The number of halogens is 1. The van der Waals surface area contributed by atoms with Gasteiger partial charge in [-0.25, -0.2) is 14.1 Å². The Morgan fingerprint density at radius 3 is 2.42 bits per heavy atom. The molecule has 0 aromatic heterocycles. The summed E-state index contributed by atoms with van der Waals surface area (Å²) in [7, 11) is 0. The molecule has 1 atom stereocenters. The van der Waals surface area contributed by atoms with Gasteiger partial charge in [-0.05, 0) is 60.9 Å². The molecule has 4 rings (SSSR count). The smallest absolute Gasteiger partial charge is 0.338 e.